The van der Waals surface area contributed by atoms with Crippen LogP contribution in [0.15, 0.2) is 0 Å². The Morgan fingerprint density at radius 3 is 1.46 bits per heavy atom. The van der Waals surface area contributed by atoms with Gasteiger partial charge in [0.05, 0.1) is 0 Å². The molecule has 3 nitrogen and oxygen atoms in total. The first-order chi connectivity index (χ1) is 12.8. The average molecular weight is 367 g/mol. The van der Waals surface area contributed by atoms with Gasteiger partial charge in [-0.15, -0.1) is 0 Å². The van der Waals surface area contributed by atoms with Crippen LogP contribution in [-0.2, 0) is 4.79 Å². The molecule has 0 saturated carbocycles. The van der Waals surface area contributed by atoms with Gasteiger partial charge in [0, 0.05) is 32.6 Å². The van der Waals surface area contributed by atoms with Gasteiger partial charge in [-0.2, -0.15) is 0 Å². The summed E-state index contributed by atoms with van der Waals surface area (Å²) in [5.41, 5.74) is 0. The lowest BCUT2D eigenvalue weighted by atomic mass is 10.0. The second-order valence-electron chi connectivity index (χ2n) is 8.18. The third kappa shape index (κ3) is 13.6. The molecule has 0 aromatic heterocycles. The van der Waals surface area contributed by atoms with Gasteiger partial charge < -0.3 is 10.2 Å². The number of nitrogens with zero attached hydrogens (tertiary/aromatic N) is 1. The van der Waals surface area contributed by atoms with E-state index in [1.165, 1.54) is 96.3 Å². The number of piperazine rings is 1. The van der Waals surface area contributed by atoms with E-state index in [9.17, 15) is 4.79 Å². The molecular weight excluding hydrogens is 320 g/mol. The van der Waals surface area contributed by atoms with Crippen LogP contribution in [0, 0.1) is 0 Å². The Kier molecular flexibility index (Phi) is 16.1. The molecule has 0 bridgehead atoms. The van der Waals surface area contributed by atoms with Crippen molar-refractivity contribution in [3.8, 4) is 0 Å². The molecule has 1 fully saturated rings. The smallest absolute Gasteiger partial charge is 0.222 e. The number of carbonyl (C=O) groups is 1. The van der Waals surface area contributed by atoms with E-state index in [2.05, 4.69) is 12.2 Å². The molecule has 26 heavy (non-hydrogen) atoms. The number of nitrogens with one attached hydrogen (secondary N) is 1. The van der Waals surface area contributed by atoms with E-state index >= 15 is 0 Å². The topological polar surface area (TPSA) is 32.3 Å². The number of hydrogen-bond acceptors (Lipinski definition) is 2. The third-order valence-electron chi connectivity index (χ3n) is 5.71. The van der Waals surface area contributed by atoms with Crippen molar-refractivity contribution in [1.82, 2.24) is 10.2 Å². The van der Waals surface area contributed by atoms with Gasteiger partial charge in [-0.05, 0) is 6.42 Å². The highest BCUT2D eigenvalue weighted by molar-refractivity contribution is 5.76. The highest BCUT2D eigenvalue weighted by Gasteiger charge is 2.14. The molecular formula is C23H46N2O. The Morgan fingerprint density at radius 2 is 1.04 bits per heavy atom. The molecule has 1 aliphatic heterocycles. The molecule has 0 radical (unpaired) electrons. The summed E-state index contributed by atoms with van der Waals surface area (Å²) in [5.74, 6) is 0.372. The van der Waals surface area contributed by atoms with E-state index < -0.39 is 0 Å². The van der Waals surface area contributed by atoms with Gasteiger partial charge in [-0.25, -0.2) is 0 Å². The largest absolute Gasteiger partial charge is 0.340 e. The fourth-order valence-electron chi connectivity index (χ4n) is 3.90. The Hall–Kier alpha value is -0.570. The van der Waals surface area contributed by atoms with Gasteiger partial charge in [0.15, 0.2) is 0 Å². The van der Waals surface area contributed by atoms with Crippen LogP contribution in [-0.4, -0.2) is 37.0 Å². The first-order valence-corrected chi connectivity index (χ1v) is 11.8. The molecule has 1 saturated heterocycles. The SMILES string of the molecule is CCCCCCCCCCCCCCCCCCC(=O)N1CCNCC1. The lowest BCUT2D eigenvalue weighted by molar-refractivity contribution is -0.131. The minimum Gasteiger partial charge on any atom is -0.340 e. The van der Waals surface area contributed by atoms with Crippen molar-refractivity contribution in [2.75, 3.05) is 26.2 Å². The fourth-order valence-corrected chi connectivity index (χ4v) is 3.90. The van der Waals surface area contributed by atoms with Crippen molar-refractivity contribution in [3.05, 3.63) is 0 Å². The number of unbranched alkanes of at least 4 members (excludes halogenated alkanes) is 15. The predicted octanol–water partition coefficient (Wildman–Crippen LogP) is 6.07. The van der Waals surface area contributed by atoms with Crippen molar-refractivity contribution in [2.45, 2.75) is 116 Å². The van der Waals surface area contributed by atoms with Crippen molar-refractivity contribution in [2.24, 2.45) is 0 Å². The maximum absolute atomic E-state index is 12.0. The van der Waals surface area contributed by atoms with Crippen molar-refractivity contribution >= 4 is 5.91 Å². The molecule has 154 valence electrons. The first kappa shape index (κ1) is 23.5. The minimum atomic E-state index is 0.372. The van der Waals surface area contributed by atoms with Crippen LogP contribution in [0.3, 0.4) is 0 Å². The summed E-state index contributed by atoms with van der Waals surface area (Å²) < 4.78 is 0. The molecule has 1 amide bonds. The Bertz CT molecular complexity index is 313. The molecule has 0 spiro atoms. The second kappa shape index (κ2) is 17.8. The van der Waals surface area contributed by atoms with Gasteiger partial charge in [-0.1, -0.05) is 103 Å². The van der Waals surface area contributed by atoms with Crippen LogP contribution in [0.5, 0.6) is 0 Å². The lowest BCUT2D eigenvalue weighted by Crippen LogP contribution is -2.46. The highest BCUT2D eigenvalue weighted by Crippen LogP contribution is 2.14. The number of rotatable bonds is 17. The fraction of sp³-hybridized carbons (Fsp3) is 0.957. The summed E-state index contributed by atoms with van der Waals surface area (Å²) in [4.78, 5) is 14.1. The maximum atomic E-state index is 12.0. The zero-order chi connectivity index (χ0) is 18.7. The van der Waals surface area contributed by atoms with Crippen molar-refractivity contribution in [1.29, 1.82) is 0 Å². The summed E-state index contributed by atoms with van der Waals surface area (Å²) >= 11 is 0. The molecule has 1 heterocycles. The molecule has 0 atom stereocenters. The van der Waals surface area contributed by atoms with Gasteiger partial charge >= 0.3 is 0 Å². The summed E-state index contributed by atoms with van der Waals surface area (Å²) in [5, 5.41) is 3.30. The second-order valence-corrected chi connectivity index (χ2v) is 8.18. The molecule has 0 unspecified atom stereocenters. The average Bonchev–Trinajstić information content (AvgIpc) is 2.68. The molecule has 0 aromatic carbocycles. The van der Waals surface area contributed by atoms with E-state index in [1.54, 1.807) is 0 Å². The Morgan fingerprint density at radius 1 is 0.654 bits per heavy atom. The van der Waals surface area contributed by atoms with E-state index in [0.29, 0.717) is 5.91 Å². The van der Waals surface area contributed by atoms with Crippen LogP contribution in [0.25, 0.3) is 0 Å². The monoisotopic (exact) mass is 366 g/mol. The van der Waals surface area contributed by atoms with E-state index in [1.807, 2.05) is 4.90 Å². The predicted molar refractivity (Wildman–Crippen MR) is 114 cm³/mol. The van der Waals surface area contributed by atoms with Crippen molar-refractivity contribution in [3.63, 3.8) is 0 Å². The molecule has 0 aromatic rings. The minimum absolute atomic E-state index is 0.372. The van der Waals surface area contributed by atoms with Crippen LogP contribution >= 0.6 is 0 Å². The summed E-state index contributed by atoms with van der Waals surface area (Å²) in [7, 11) is 0. The number of hydrogen-bond donors (Lipinski definition) is 1. The normalized spacial score (nSPS) is 14.7. The van der Waals surface area contributed by atoms with Crippen LogP contribution in [0.4, 0.5) is 0 Å². The molecule has 1 aliphatic rings. The van der Waals surface area contributed by atoms with Crippen molar-refractivity contribution < 1.29 is 4.79 Å². The highest BCUT2D eigenvalue weighted by atomic mass is 16.2. The first-order valence-electron chi connectivity index (χ1n) is 11.8. The zero-order valence-corrected chi connectivity index (χ0v) is 17.7. The standard InChI is InChI=1S/C23H46N2O/c1-2-3-4-5-6-7-8-9-10-11-12-13-14-15-16-17-18-23(26)25-21-19-24-20-22-25/h24H,2-22H2,1H3. The van der Waals surface area contributed by atoms with Gasteiger partial charge in [-0.3, -0.25) is 4.79 Å². The zero-order valence-electron chi connectivity index (χ0n) is 17.7. The number of amides is 1. The van der Waals surface area contributed by atoms with Gasteiger partial charge in [0.25, 0.3) is 0 Å². The van der Waals surface area contributed by atoms with Crippen LogP contribution in [0.1, 0.15) is 116 Å². The number of carbonyl (C=O) groups excluding carboxylic acids is 1. The van der Waals surface area contributed by atoms with Gasteiger partial charge in [0.1, 0.15) is 0 Å². The summed E-state index contributed by atoms with van der Waals surface area (Å²) in [6, 6.07) is 0. The summed E-state index contributed by atoms with van der Waals surface area (Å²) in [6.07, 6.45) is 22.9. The van der Waals surface area contributed by atoms with Crippen LogP contribution < -0.4 is 5.32 Å². The molecule has 1 rings (SSSR count). The maximum Gasteiger partial charge on any atom is 0.222 e. The third-order valence-corrected chi connectivity index (χ3v) is 5.71. The molecule has 1 N–H and O–H groups in total. The molecule has 3 heteroatoms. The Balaban J connectivity index is 1.72. The Labute approximate surface area is 163 Å². The summed E-state index contributed by atoms with van der Waals surface area (Å²) in [6.45, 7) is 6.01. The molecule has 0 aliphatic carbocycles. The van der Waals surface area contributed by atoms with E-state index in [0.717, 1.165) is 39.0 Å². The van der Waals surface area contributed by atoms with E-state index in [4.69, 9.17) is 0 Å². The van der Waals surface area contributed by atoms with Crippen LogP contribution in [0.2, 0.25) is 0 Å². The van der Waals surface area contributed by atoms with Gasteiger partial charge in [0.2, 0.25) is 5.91 Å². The van der Waals surface area contributed by atoms with E-state index in [-0.39, 0.29) is 0 Å². The lowest BCUT2D eigenvalue weighted by Gasteiger charge is -2.27. The quantitative estimate of drug-likeness (QED) is 0.317.